The van der Waals surface area contributed by atoms with Gasteiger partial charge >= 0.3 is 5.97 Å². The van der Waals surface area contributed by atoms with Gasteiger partial charge in [0.2, 0.25) is 5.91 Å². The molecule has 1 aliphatic rings. The second-order valence-corrected chi connectivity index (χ2v) is 5.50. The van der Waals surface area contributed by atoms with Gasteiger partial charge in [-0.05, 0) is 37.6 Å². The van der Waals surface area contributed by atoms with Crippen molar-refractivity contribution >= 4 is 29.2 Å². The average molecular weight is 297 g/mol. The first-order valence-electron chi connectivity index (χ1n) is 6.47. The van der Waals surface area contributed by atoms with Gasteiger partial charge in [-0.15, -0.1) is 0 Å². The summed E-state index contributed by atoms with van der Waals surface area (Å²) in [5.41, 5.74) is 1.60. The van der Waals surface area contributed by atoms with Gasteiger partial charge in [-0.1, -0.05) is 17.7 Å². The van der Waals surface area contributed by atoms with E-state index in [0.29, 0.717) is 30.2 Å². The molecule has 0 radical (unpaired) electrons. The number of aryl methyl sites for hydroxylation is 1. The lowest BCUT2D eigenvalue weighted by Gasteiger charge is -2.15. The number of nitrogens with zero attached hydrogens (tertiary/aromatic N) is 1. The lowest BCUT2D eigenvalue weighted by Crippen LogP contribution is -2.32. The van der Waals surface area contributed by atoms with Crippen LogP contribution in [-0.2, 0) is 9.59 Å². The van der Waals surface area contributed by atoms with E-state index in [1.165, 1.54) is 0 Å². The van der Waals surface area contributed by atoms with Gasteiger partial charge in [0.1, 0.15) is 0 Å². The first kappa shape index (κ1) is 14.8. The van der Waals surface area contributed by atoms with E-state index < -0.39 is 5.97 Å². The SMILES string of the molecule is Cc1ccc(NC(=O)CN2CCC(C(=O)O)C2)c(Cl)c1. The van der Waals surface area contributed by atoms with E-state index in [9.17, 15) is 9.59 Å². The summed E-state index contributed by atoms with van der Waals surface area (Å²) in [5.74, 6) is -1.35. The molecule has 0 bridgehead atoms. The number of carboxylic acid groups (broad SMARTS) is 1. The van der Waals surface area contributed by atoms with Crippen LogP contribution in [0.5, 0.6) is 0 Å². The summed E-state index contributed by atoms with van der Waals surface area (Å²) in [7, 11) is 0. The minimum atomic E-state index is -0.797. The van der Waals surface area contributed by atoms with E-state index >= 15 is 0 Å². The lowest BCUT2D eigenvalue weighted by molar-refractivity contribution is -0.141. The number of aliphatic carboxylic acids is 1. The first-order chi connectivity index (χ1) is 9.45. The average Bonchev–Trinajstić information content (AvgIpc) is 2.81. The van der Waals surface area contributed by atoms with Crippen molar-refractivity contribution in [3.8, 4) is 0 Å². The smallest absolute Gasteiger partial charge is 0.307 e. The Morgan fingerprint density at radius 2 is 2.25 bits per heavy atom. The molecule has 1 aromatic carbocycles. The molecule has 0 aliphatic carbocycles. The van der Waals surface area contributed by atoms with E-state index in [4.69, 9.17) is 16.7 Å². The maximum absolute atomic E-state index is 11.9. The highest BCUT2D eigenvalue weighted by Gasteiger charge is 2.28. The molecule has 0 aromatic heterocycles. The third kappa shape index (κ3) is 3.71. The third-order valence-corrected chi connectivity index (χ3v) is 3.70. The van der Waals surface area contributed by atoms with E-state index in [-0.39, 0.29) is 18.4 Å². The summed E-state index contributed by atoms with van der Waals surface area (Å²) >= 11 is 6.05. The number of hydrogen-bond acceptors (Lipinski definition) is 3. The molecular weight excluding hydrogens is 280 g/mol. The minimum absolute atomic E-state index is 0.179. The minimum Gasteiger partial charge on any atom is -0.481 e. The van der Waals surface area contributed by atoms with Gasteiger partial charge in [0.25, 0.3) is 0 Å². The zero-order chi connectivity index (χ0) is 14.7. The van der Waals surface area contributed by atoms with Crippen molar-refractivity contribution in [1.82, 2.24) is 4.90 Å². The molecule has 1 atom stereocenters. The fraction of sp³-hybridized carbons (Fsp3) is 0.429. The highest BCUT2D eigenvalue weighted by Crippen LogP contribution is 2.23. The van der Waals surface area contributed by atoms with E-state index in [1.807, 2.05) is 17.9 Å². The molecule has 20 heavy (non-hydrogen) atoms. The predicted molar refractivity (Wildman–Crippen MR) is 77.0 cm³/mol. The molecule has 5 nitrogen and oxygen atoms in total. The number of hydrogen-bond donors (Lipinski definition) is 2. The van der Waals surface area contributed by atoms with Crippen molar-refractivity contribution < 1.29 is 14.7 Å². The number of carboxylic acids is 1. The zero-order valence-corrected chi connectivity index (χ0v) is 12.0. The Kier molecular flexibility index (Phi) is 4.62. The van der Waals surface area contributed by atoms with Crippen LogP contribution < -0.4 is 5.32 Å². The van der Waals surface area contributed by atoms with Gasteiger partial charge < -0.3 is 10.4 Å². The molecule has 1 fully saturated rings. The van der Waals surface area contributed by atoms with Gasteiger partial charge in [0, 0.05) is 6.54 Å². The molecule has 1 amide bonds. The highest BCUT2D eigenvalue weighted by atomic mass is 35.5. The van der Waals surface area contributed by atoms with Crippen molar-refractivity contribution in [2.24, 2.45) is 5.92 Å². The fourth-order valence-corrected chi connectivity index (χ4v) is 2.57. The van der Waals surface area contributed by atoms with Gasteiger partial charge in [0.05, 0.1) is 23.2 Å². The Morgan fingerprint density at radius 3 is 2.85 bits per heavy atom. The van der Waals surface area contributed by atoms with Crippen LogP contribution in [0.25, 0.3) is 0 Å². The summed E-state index contributed by atoms with van der Waals surface area (Å²) in [4.78, 5) is 24.6. The fourth-order valence-electron chi connectivity index (χ4n) is 2.29. The predicted octanol–water partition coefficient (Wildman–Crippen LogP) is 1.99. The summed E-state index contributed by atoms with van der Waals surface area (Å²) in [6.45, 7) is 3.16. The molecule has 1 saturated heterocycles. The van der Waals surface area contributed by atoms with Crippen LogP contribution in [0.3, 0.4) is 0 Å². The number of likely N-dealkylation sites (tertiary alicyclic amines) is 1. The van der Waals surface area contributed by atoms with Gasteiger partial charge in [0.15, 0.2) is 0 Å². The summed E-state index contributed by atoms with van der Waals surface area (Å²) in [6.07, 6.45) is 0.591. The number of halogens is 1. The van der Waals surface area contributed by atoms with Gasteiger partial charge in [-0.2, -0.15) is 0 Å². The van der Waals surface area contributed by atoms with Crippen LogP contribution in [-0.4, -0.2) is 41.5 Å². The quantitative estimate of drug-likeness (QED) is 0.891. The van der Waals surface area contributed by atoms with Crippen LogP contribution >= 0.6 is 11.6 Å². The maximum atomic E-state index is 11.9. The zero-order valence-electron chi connectivity index (χ0n) is 11.2. The van der Waals surface area contributed by atoms with Crippen LogP contribution in [0.1, 0.15) is 12.0 Å². The number of rotatable bonds is 4. The number of carbonyl (C=O) groups is 2. The molecule has 1 heterocycles. The molecule has 108 valence electrons. The number of carbonyl (C=O) groups excluding carboxylic acids is 1. The summed E-state index contributed by atoms with van der Waals surface area (Å²) < 4.78 is 0. The Labute approximate surface area is 122 Å². The van der Waals surface area contributed by atoms with Crippen molar-refractivity contribution in [1.29, 1.82) is 0 Å². The molecule has 6 heteroatoms. The van der Waals surface area contributed by atoms with Crippen LogP contribution in [0.2, 0.25) is 5.02 Å². The second kappa shape index (κ2) is 6.24. The largest absolute Gasteiger partial charge is 0.481 e. The summed E-state index contributed by atoms with van der Waals surface area (Å²) in [5, 5.41) is 12.2. The van der Waals surface area contributed by atoms with Crippen molar-refractivity contribution in [3.63, 3.8) is 0 Å². The van der Waals surface area contributed by atoms with Gasteiger partial charge in [-0.3, -0.25) is 14.5 Å². The molecule has 2 rings (SSSR count). The number of nitrogens with one attached hydrogen (secondary N) is 1. The normalized spacial score (nSPS) is 19.0. The third-order valence-electron chi connectivity index (χ3n) is 3.39. The Bertz CT molecular complexity index is 533. The van der Waals surface area contributed by atoms with Crippen molar-refractivity contribution in [3.05, 3.63) is 28.8 Å². The molecule has 1 aromatic rings. The van der Waals surface area contributed by atoms with Crippen LogP contribution in [0.4, 0.5) is 5.69 Å². The lowest BCUT2D eigenvalue weighted by atomic mass is 10.1. The molecule has 1 aliphatic heterocycles. The van der Waals surface area contributed by atoms with E-state index in [0.717, 1.165) is 5.56 Å². The monoisotopic (exact) mass is 296 g/mol. The Balaban J connectivity index is 1.88. The summed E-state index contributed by atoms with van der Waals surface area (Å²) in [6, 6.07) is 5.42. The maximum Gasteiger partial charge on any atom is 0.307 e. The highest BCUT2D eigenvalue weighted by molar-refractivity contribution is 6.33. The van der Waals surface area contributed by atoms with Crippen molar-refractivity contribution in [2.45, 2.75) is 13.3 Å². The number of anilines is 1. The van der Waals surface area contributed by atoms with Gasteiger partial charge in [-0.25, -0.2) is 0 Å². The number of benzene rings is 1. The van der Waals surface area contributed by atoms with Crippen molar-refractivity contribution in [2.75, 3.05) is 25.0 Å². The molecule has 0 spiro atoms. The number of amides is 1. The van der Waals surface area contributed by atoms with Crippen LogP contribution in [0.15, 0.2) is 18.2 Å². The van der Waals surface area contributed by atoms with Crippen LogP contribution in [0, 0.1) is 12.8 Å². The molecule has 0 saturated carbocycles. The molecular formula is C14H17ClN2O3. The topological polar surface area (TPSA) is 69.6 Å². The van der Waals surface area contributed by atoms with E-state index in [2.05, 4.69) is 5.32 Å². The molecule has 2 N–H and O–H groups in total. The second-order valence-electron chi connectivity index (χ2n) is 5.09. The standard InChI is InChI=1S/C14H17ClN2O3/c1-9-2-3-12(11(15)6-9)16-13(18)8-17-5-4-10(7-17)14(19)20/h2-3,6,10H,4-5,7-8H2,1H3,(H,16,18)(H,19,20). The molecule has 1 unspecified atom stereocenters. The first-order valence-corrected chi connectivity index (χ1v) is 6.84. The van der Waals surface area contributed by atoms with E-state index in [1.54, 1.807) is 12.1 Å². The Morgan fingerprint density at radius 1 is 1.50 bits per heavy atom. The Hall–Kier alpha value is -1.59.